The third-order valence-electron chi connectivity index (χ3n) is 1.88. The first-order valence-electron chi connectivity index (χ1n) is 5.15. The van der Waals surface area contributed by atoms with Gasteiger partial charge >= 0.3 is 5.69 Å². The Bertz CT molecular complexity index is 361. The molecule has 1 heterocycles. The van der Waals surface area contributed by atoms with Crippen LogP contribution in [0.15, 0.2) is 9.95 Å². The van der Waals surface area contributed by atoms with E-state index in [0.717, 1.165) is 0 Å². The highest BCUT2D eigenvalue weighted by Crippen LogP contribution is 2.16. The van der Waals surface area contributed by atoms with E-state index in [1.807, 2.05) is 13.8 Å². The third-order valence-corrected chi connectivity index (χ3v) is 2.80. The summed E-state index contributed by atoms with van der Waals surface area (Å²) in [5, 5.41) is 15.5. The topological polar surface area (TPSA) is 80.1 Å². The van der Waals surface area contributed by atoms with Crippen LogP contribution in [-0.4, -0.2) is 45.4 Å². The maximum Gasteiger partial charge on any atom is 0.344 e. The van der Waals surface area contributed by atoms with Gasteiger partial charge in [-0.1, -0.05) is 11.8 Å². The average Bonchev–Trinajstić information content (AvgIpc) is 2.59. The highest BCUT2D eigenvalue weighted by molar-refractivity contribution is 7.99. The Morgan fingerprint density at radius 3 is 2.94 bits per heavy atom. The van der Waals surface area contributed by atoms with Crippen LogP contribution in [0.1, 0.15) is 19.9 Å². The Kier molecular flexibility index (Phi) is 5.58. The molecule has 0 saturated heterocycles. The average molecular weight is 247 g/mol. The van der Waals surface area contributed by atoms with Crippen molar-refractivity contribution in [2.75, 3.05) is 25.6 Å². The van der Waals surface area contributed by atoms with Gasteiger partial charge in [-0.15, -0.1) is 5.10 Å². The summed E-state index contributed by atoms with van der Waals surface area (Å²) in [5.74, 6) is 0.705. The summed E-state index contributed by atoms with van der Waals surface area (Å²) in [6.45, 7) is 4.78. The monoisotopic (exact) mass is 247 g/mol. The Morgan fingerprint density at radius 2 is 2.31 bits per heavy atom. The van der Waals surface area contributed by atoms with Crippen LogP contribution in [-0.2, 0) is 4.74 Å². The molecule has 0 aliphatic heterocycles. The molecule has 7 heteroatoms. The molecular weight excluding hydrogens is 230 g/mol. The number of nitrogens with zero attached hydrogens (tertiary/aromatic N) is 2. The molecule has 6 nitrogen and oxygen atoms in total. The van der Waals surface area contributed by atoms with E-state index in [9.17, 15) is 4.79 Å². The first-order chi connectivity index (χ1) is 7.66. The van der Waals surface area contributed by atoms with Gasteiger partial charge in [-0.25, -0.2) is 9.89 Å². The van der Waals surface area contributed by atoms with Crippen molar-refractivity contribution in [3.8, 4) is 0 Å². The van der Waals surface area contributed by atoms with Crippen molar-refractivity contribution >= 4 is 11.8 Å². The lowest BCUT2D eigenvalue weighted by molar-refractivity contribution is 0.103. The van der Waals surface area contributed by atoms with Crippen LogP contribution in [0.25, 0.3) is 0 Å². The molecule has 0 bridgehead atoms. The van der Waals surface area contributed by atoms with E-state index in [0.29, 0.717) is 24.1 Å². The fourth-order valence-corrected chi connectivity index (χ4v) is 2.13. The van der Waals surface area contributed by atoms with Gasteiger partial charge < -0.3 is 9.84 Å². The SMILES string of the molecule is CC(C)n1c(SCCOCCO)n[nH]c1=O. The number of hydrogen-bond acceptors (Lipinski definition) is 5. The van der Waals surface area contributed by atoms with Gasteiger partial charge in [0.1, 0.15) is 0 Å². The largest absolute Gasteiger partial charge is 0.394 e. The Balaban J connectivity index is 2.45. The quantitative estimate of drug-likeness (QED) is 0.533. The van der Waals surface area contributed by atoms with E-state index in [1.54, 1.807) is 4.57 Å². The third kappa shape index (κ3) is 3.66. The van der Waals surface area contributed by atoms with E-state index < -0.39 is 0 Å². The van der Waals surface area contributed by atoms with Gasteiger partial charge in [-0.05, 0) is 13.8 Å². The second-order valence-corrected chi connectivity index (χ2v) is 4.52. The van der Waals surface area contributed by atoms with Crippen LogP contribution in [0.5, 0.6) is 0 Å². The Labute approximate surface area is 98.0 Å². The second-order valence-electron chi connectivity index (χ2n) is 3.46. The normalized spacial score (nSPS) is 11.2. The summed E-state index contributed by atoms with van der Waals surface area (Å²) in [6.07, 6.45) is 0. The van der Waals surface area contributed by atoms with Crippen molar-refractivity contribution in [1.82, 2.24) is 14.8 Å². The summed E-state index contributed by atoms with van der Waals surface area (Å²) in [6, 6.07) is 0.0899. The zero-order valence-corrected chi connectivity index (χ0v) is 10.3. The van der Waals surface area contributed by atoms with E-state index in [1.165, 1.54) is 11.8 Å². The molecule has 1 aromatic rings. The van der Waals surface area contributed by atoms with Gasteiger partial charge in [0.25, 0.3) is 0 Å². The molecule has 0 unspecified atom stereocenters. The molecule has 16 heavy (non-hydrogen) atoms. The predicted octanol–water partition coefficient (Wildman–Crippen LogP) is 0.253. The number of aromatic amines is 1. The number of aliphatic hydroxyl groups is 1. The highest BCUT2D eigenvalue weighted by atomic mass is 32.2. The minimum Gasteiger partial charge on any atom is -0.394 e. The summed E-state index contributed by atoms with van der Waals surface area (Å²) in [4.78, 5) is 11.4. The number of ether oxygens (including phenoxy) is 1. The minimum absolute atomic E-state index is 0.0315. The van der Waals surface area contributed by atoms with E-state index in [4.69, 9.17) is 9.84 Å². The molecule has 0 aromatic carbocycles. The fraction of sp³-hybridized carbons (Fsp3) is 0.778. The molecule has 0 aliphatic carbocycles. The molecule has 0 radical (unpaired) electrons. The smallest absolute Gasteiger partial charge is 0.344 e. The summed E-state index contributed by atoms with van der Waals surface area (Å²) >= 11 is 1.46. The molecule has 0 fully saturated rings. The van der Waals surface area contributed by atoms with Crippen LogP contribution in [0.2, 0.25) is 0 Å². The molecule has 92 valence electrons. The molecule has 0 saturated carbocycles. The lowest BCUT2D eigenvalue weighted by Gasteiger charge is -2.08. The number of hydrogen-bond donors (Lipinski definition) is 2. The van der Waals surface area contributed by atoms with Gasteiger partial charge in [0.15, 0.2) is 5.16 Å². The summed E-state index contributed by atoms with van der Waals surface area (Å²) < 4.78 is 6.72. The second kappa shape index (κ2) is 6.72. The lowest BCUT2D eigenvalue weighted by Crippen LogP contribution is -2.19. The van der Waals surface area contributed by atoms with Crippen molar-refractivity contribution < 1.29 is 9.84 Å². The van der Waals surface area contributed by atoms with Crippen LogP contribution in [0.4, 0.5) is 0 Å². The van der Waals surface area contributed by atoms with Crippen molar-refractivity contribution in [3.63, 3.8) is 0 Å². The standard InChI is InChI=1S/C9H17N3O3S/c1-7(2)12-8(14)10-11-9(12)16-6-5-15-4-3-13/h7,13H,3-6H2,1-2H3,(H,10,14). The zero-order chi connectivity index (χ0) is 12.0. The number of rotatable bonds is 7. The maximum absolute atomic E-state index is 11.4. The molecular formula is C9H17N3O3S. The number of H-pyrrole nitrogens is 1. The number of aromatic nitrogens is 3. The highest BCUT2D eigenvalue weighted by Gasteiger charge is 2.10. The fourth-order valence-electron chi connectivity index (χ4n) is 1.21. The predicted molar refractivity (Wildman–Crippen MR) is 61.9 cm³/mol. The molecule has 0 spiro atoms. The zero-order valence-electron chi connectivity index (χ0n) is 9.47. The summed E-state index contributed by atoms with van der Waals surface area (Å²) in [7, 11) is 0. The van der Waals surface area contributed by atoms with Crippen molar-refractivity contribution in [1.29, 1.82) is 0 Å². The van der Waals surface area contributed by atoms with Crippen molar-refractivity contribution in [2.24, 2.45) is 0 Å². The van der Waals surface area contributed by atoms with Gasteiger partial charge in [0.05, 0.1) is 19.8 Å². The minimum atomic E-state index is -0.186. The molecule has 1 rings (SSSR count). The molecule has 0 aliphatic rings. The van der Waals surface area contributed by atoms with E-state index in [2.05, 4.69) is 10.2 Å². The molecule has 1 aromatic heterocycles. The molecule has 0 atom stereocenters. The first kappa shape index (κ1) is 13.3. The molecule has 2 N–H and O–H groups in total. The van der Waals surface area contributed by atoms with Crippen LogP contribution < -0.4 is 5.69 Å². The Hall–Kier alpha value is -0.790. The lowest BCUT2D eigenvalue weighted by atomic mass is 10.4. The van der Waals surface area contributed by atoms with Gasteiger partial charge in [-0.2, -0.15) is 0 Å². The van der Waals surface area contributed by atoms with Crippen molar-refractivity contribution in [3.05, 3.63) is 10.5 Å². The Morgan fingerprint density at radius 1 is 1.56 bits per heavy atom. The van der Waals surface area contributed by atoms with Crippen LogP contribution in [0.3, 0.4) is 0 Å². The van der Waals surface area contributed by atoms with Crippen LogP contribution >= 0.6 is 11.8 Å². The van der Waals surface area contributed by atoms with Gasteiger partial charge in [-0.3, -0.25) is 4.57 Å². The van der Waals surface area contributed by atoms with Crippen molar-refractivity contribution in [2.45, 2.75) is 25.0 Å². The maximum atomic E-state index is 11.4. The first-order valence-corrected chi connectivity index (χ1v) is 6.13. The van der Waals surface area contributed by atoms with Gasteiger partial charge in [0.2, 0.25) is 0 Å². The van der Waals surface area contributed by atoms with Gasteiger partial charge in [0, 0.05) is 11.8 Å². The number of nitrogens with one attached hydrogen (secondary N) is 1. The number of aliphatic hydroxyl groups excluding tert-OH is 1. The number of thioether (sulfide) groups is 1. The summed E-state index contributed by atoms with van der Waals surface area (Å²) in [5.41, 5.74) is -0.186. The molecule has 0 amide bonds. The van der Waals surface area contributed by atoms with Crippen LogP contribution in [0, 0.1) is 0 Å². The van der Waals surface area contributed by atoms with E-state index in [-0.39, 0.29) is 18.3 Å². The van der Waals surface area contributed by atoms with E-state index >= 15 is 0 Å².